The summed E-state index contributed by atoms with van der Waals surface area (Å²) in [7, 11) is 1.80. The number of para-hydroxylation sites is 1. The summed E-state index contributed by atoms with van der Waals surface area (Å²) in [5, 5.41) is 13.4. The third kappa shape index (κ3) is 5.00. The first kappa shape index (κ1) is 26.1. The molecule has 8 heteroatoms. The van der Waals surface area contributed by atoms with E-state index in [-0.39, 0.29) is 18.9 Å². The minimum atomic E-state index is -1.29. The average Bonchev–Trinajstić information content (AvgIpc) is 3.44. The molecule has 6 rings (SSSR count). The van der Waals surface area contributed by atoms with E-state index in [0.29, 0.717) is 17.2 Å². The van der Waals surface area contributed by atoms with Gasteiger partial charge >= 0.3 is 12.1 Å². The first-order valence-electron chi connectivity index (χ1n) is 13.2. The molecule has 0 fully saturated rings. The van der Waals surface area contributed by atoms with E-state index in [4.69, 9.17) is 9.47 Å². The molecular formula is C33H27FN2O5. The Morgan fingerprint density at radius 1 is 0.902 bits per heavy atom. The summed E-state index contributed by atoms with van der Waals surface area (Å²) in [5.74, 6) is -0.953. The standard InChI is InChI=1S/C33H27FN2O5/c1-36-30-13-7-6-12-26(30)27(31(36)41-21-16-14-20(34)15-17-21)18-29(32(37)38)35-33(39)40-19-28-24-10-4-2-8-22(24)23-9-3-5-11-25(23)28/h2-17,28-29H,18-19H2,1H3,(H,35,39)(H,37,38). The van der Waals surface area contributed by atoms with Gasteiger partial charge in [-0.1, -0.05) is 66.7 Å². The number of ether oxygens (including phenoxy) is 2. The molecule has 7 nitrogen and oxygen atoms in total. The number of carbonyl (C=O) groups excluding carboxylic acids is 1. The highest BCUT2D eigenvalue weighted by Gasteiger charge is 2.31. The van der Waals surface area contributed by atoms with Crippen molar-refractivity contribution in [2.75, 3.05) is 6.61 Å². The number of aryl methyl sites for hydroxylation is 1. The zero-order valence-electron chi connectivity index (χ0n) is 22.2. The highest BCUT2D eigenvalue weighted by atomic mass is 19.1. The lowest BCUT2D eigenvalue weighted by Gasteiger charge is -2.18. The Kier molecular flexibility index (Phi) is 6.89. The lowest BCUT2D eigenvalue weighted by molar-refractivity contribution is -0.139. The number of amides is 1. The van der Waals surface area contributed by atoms with Gasteiger partial charge < -0.3 is 24.5 Å². The van der Waals surface area contributed by atoms with Crippen LogP contribution in [-0.4, -0.2) is 34.4 Å². The fourth-order valence-corrected chi connectivity index (χ4v) is 5.58. The maximum atomic E-state index is 13.5. The third-order valence-electron chi connectivity index (χ3n) is 7.52. The summed E-state index contributed by atoms with van der Waals surface area (Å²) in [6.07, 6.45) is -0.877. The topological polar surface area (TPSA) is 89.8 Å². The highest BCUT2D eigenvalue weighted by Crippen LogP contribution is 2.44. The predicted octanol–water partition coefficient (Wildman–Crippen LogP) is 6.64. The van der Waals surface area contributed by atoms with E-state index in [1.807, 2.05) is 72.8 Å². The number of carboxylic acids is 1. The van der Waals surface area contributed by atoms with Crippen LogP contribution in [0.1, 0.15) is 22.6 Å². The van der Waals surface area contributed by atoms with Gasteiger partial charge in [0.1, 0.15) is 24.2 Å². The number of halogens is 1. The van der Waals surface area contributed by atoms with E-state index >= 15 is 0 Å². The summed E-state index contributed by atoms with van der Waals surface area (Å²) in [6, 6.07) is 27.8. The zero-order chi connectivity index (χ0) is 28.5. The molecule has 0 saturated carbocycles. The molecule has 5 aromatic rings. The van der Waals surface area contributed by atoms with Crippen LogP contribution in [0.4, 0.5) is 9.18 Å². The SMILES string of the molecule is Cn1c(Oc2ccc(F)cc2)c(CC(NC(=O)OCC2c3ccccc3-c3ccccc32)C(=O)O)c2ccccc21. The van der Waals surface area contributed by atoms with Crippen molar-refractivity contribution < 1.29 is 28.6 Å². The average molecular weight is 551 g/mol. The molecule has 0 spiro atoms. The number of carboxylic acid groups (broad SMARTS) is 1. The van der Waals surface area contributed by atoms with Crippen LogP contribution in [0.5, 0.6) is 11.6 Å². The minimum absolute atomic E-state index is 0.0581. The molecule has 41 heavy (non-hydrogen) atoms. The molecule has 1 heterocycles. The number of hydrogen-bond acceptors (Lipinski definition) is 4. The van der Waals surface area contributed by atoms with Crippen LogP contribution in [0.3, 0.4) is 0 Å². The molecule has 0 saturated heterocycles. The number of nitrogens with zero attached hydrogens (tertiary/aromatic N) is 1. The van der Waals surface area contributed by atoms with E-state index in [0.717, 1.165) is 33.2 Å². The van der Waals surface area contributed by atoms with Crippen LogP contribution < -0.4 is 10.1 Å². The number of aliphatic carboxylic acids is 1. The number of hydrogen-bond donors (Lipinski definition) is 2. The van der Waals surface area contributed by atoms with Crippen LogP contribution in [0, 0.1) is 5.82 Å². The molecule has 0 aliphatic heterocycles. The highest BCUT2D eigenvalue weighted by molar-refractivity contribution is 5.89. The molecule has 0 radical (unpaired) electrons. The number of rotatable bonds is 8. The van der Waals surface area contributed by atoms with Gasteiger partial charge in [0.15, 0.2) is 0 Å². The van der Waals surface area contributed by atoms with E-state index in [9.17, 15) is 19.1 Å². The molecule has 1 aromatic heterocycles. The van der Waals surface area contributed by atoms with Crippen LogP contribution in [-0.2, 0) is 23.0 Å². The Hall–Kier alpha value is -5.11. The van der Waals surface area contributed by atoms with Gasteiger partial charge in [0.05, 0.1) is 5.52 Å². The summed E-state index contributed by atoms with van der Waals surface area (Å²) in [4.78, 5) is 25.3. The Balaban J connectivity index is 1.22. The van der Waals surface area contributed by atoms with Crippen molar-refractivity contribution in [2.24, 2.45) is 7.05 Å². The smallest absolute Gasteiger partial charge is 0.407 e. The third-order valence-corrected chi connectivity index (χ3v) is 7.52. The van der Waals surface area contributed by atoms with Crippen molar-refractivity contribution in [1.29, 1.82) is 0 Å². The number of aromatic nitrogens is 1. The van der Waals surface area contributed by atoms with Gasteiger partial charge in [-0.15, -0.1) is 0 Å². The van der Waals surface area contributed by atoms with Gasteiger partial charge in [-0.3, -0.25) is 0 Å². The van der Waals surface area contributed by atoms with Gasteiger partial charge in [0, 0.05) is 30.3 Å². The lowest BCUT2D eigenvalue weighted by atomic mass is 9.98. The summed E-state index contributed by atoms with van der Waals surface area (Å²) < 4.78 is 27.0. The number of nitrogens with one attached hydrogen (secondary N) is 1. The maximum absolute atomic E-state index is 13.5. The summed E-state index contributed by atoms with van der Waals surface area (Å²) in [6.45, 7) is 0.0688. The van der Waals surface area contributed by atoms with Crippen molar-refractivity contribution in [3.63, 3.8) is 0 Å². The first-order chi connectivity index (χ1) is 19.9. The molecule has 1 unspecified atom stereocenters. The minimum Gasteiger partial charge on any atom is -0.480 e. The monoisotopic (exact) mass is 550 g/mol. The van der Waals surface area contributed by atoms with Crippen molar-refractivity contribution in [3.05, 3.63) is 120 Å². The normalized spacial score (nSPS) is 12.9. The molecule has 1 aliphatic rings. The fraction of sp³-hybridized carbons (Fsp3) is 0.152. The van der Waals surface area contributed by atoms with Crippen LogP contribution in [0.15, 0.2) is 97.1 Å². The van der Waals surface area contributed by atoms with E-state index < -0.39 is 23.9 Å². The molecule has 1 atom stereocenters. The van der Waals surface area contributed by atoms with Gasteiger partial charge in [-0.25, -0.2) is 14.0 Å². The van der Waals surface area contributed by atoms with Gasteiger partial charge in [0.25, 0.3) is 0 Å². The molecule has 0 bridgehead atoms. The Morgan fingerprint density at radius 3 is 2.17 bits per heavy atom. The second-order valence-electron chi connectivity index (χ2n) is 9.98. The zero-order valence-corrected chi connectivity index (χ0v) is 22.2. The van der Waals surface area contributed by atoms with Gasteiger partial charge in [-0.2, -0.15) is 0 Å². The first-order valence-corrected chi connectivity index (χ1v) is 13.2. The number of benzene rings is 4. The second-order valence-corrected chi connectivity index (χ2v) is 9.98. The largest absolute Gasteiger partial charge is 0.480 e. The van der Waals surface area contributed by atoms with Crippen LogP contribution in [0.25, 0.3) is 22.0 Å². The van der Waals surface area contributed by atoms with Crippen LogP contribution in [0.2, 0.25) is 0 Å². The number of alkyl carbamates (subject to hydrolysis) is 1. The maximum Gasteiger partial charge on any atom is 0.407 e. The number of carbonyl (C=O) groups is 2. The van der Waals surface area contributed by atoms with Crippen molar-refractivity contribution in [1.82, 2.24) is 9.88 Å². The van der Waals surface area contributed by atoms with Crippen molar-refractivity contribution >= 4 is 23.0 Å². The molecule has 206 valence electrons. The van der Waals surface area contributed by atoms with E-state index in [2.05, 4.69) is 5.32 Å². The quantitative estimate of drug-likeness (QED) is 0.226. The van der Waals surface area contributed by atoms with E-state index in [1.165, 1.54) is 24.3 Å². The predicted molar refractivity (Wildman–Crippen MR) is 153 cm³/mol. The summed E-state index contributed by atoms with van der Waals surface area (Å²) >= 11 is 0. The fourth-order valence-electron chi connectivity index (χ4n) is 5.58. The van der Waals surface area contributed by atoms with Crippen molar-refractivity contribution in [2.45, 2.75) is 18.4 Å². The van der Waals surface area contributed by atoms with Gasteiger partial charge in [-0.05, 0) is 52.6 Å². The molecular weight excluding hydrogens is 523 g/mol. The Morgan fingerprint density at radius 2 is 1.51 bits per heavy atom. The van der Waals surface area contributed by atoms with Crippen LogP contribution >= 0.6 is 0 Å². The molecule has 4 aromatic carbocycles. The molecule has 1 amide bonds. The molecule has 1 aliphatic carbocycles. The van der Waals surface area contributed by atoms with Gasteiger partial charge in [0.2, 0.25) is 5.88 Å². The van der Waals surface area contributed by atoms with Crippen molar-refractivity contribution in [3.8, 4) is 22.8 Å². The van der Waals surface area contributed by atoms with E-state index in [1.54, 1.807) is 11.6 Å². The number of fused-ring (bicyclic) bond motifs is 4. The lowest BCUT2D eigenvalue weighted by Crippen LogP contribution is -2.43. The Labute approximate surface area is 235 Å². The Bertz CT molecular complexity index is 1720. The summed E-state index contributed by atoms with van der Waals surface area (Å²) in [5.41, 5.74) is 5.75. The second kappa shape index (κ2) is 10.8. The molecule has 2 N–H and O–H groups in total.